The number of methoxy groups -OCH3 is 1. The number of halogens is 2. The summed E-state index contributed by atoms with van der Waals surface area (Å²) in [5.41, 5.74) is 0.979. The van der Waals surface area contributed by atoms with Gasteiger partial charge in [-0.15, -0.1) is 0 Å². The molecule has 2 aromatic carbocycles. The number of nitrogens with zero attached hydrogens (tertiary/aromatic N) is 2. The van der Waals surface area contributed by atoms with Crippen molar-refractivity contribution in [1.82, 2.24) is 15.2 Å². The molecule has 0 radical (unpaired) electrons. The molecule has 0 aliphatic carbocycles. The number of benzene rings is 2. The lowest BCUT2D eigenvalue weighted by Crippen LogP contribution is -2.34. The van der Waals surface area contributed by atoms with Crippen LogP contribution in [0.3, 0.4) is 0 Å². The number of ketones is 1. The van der Waals surface area contributed by atoms with E-state index in [1.54, 1.807) is 6.92 Å². The molecule has 2 N–H and O–H groups in total. The Kier molecular flexibility index (Phi) is 4.91. The summed E-state index contributed by atoms with van der Waals surface area (Å²) in [5, 5.41) is 10.0. The van der Waals surface area contributed by atoms with Gasteiger partial charge in [0.2, 0.25) is 0 Å². The number of carbonyl (C=O) groups is 2. The van der Waals surface area contributed by atoms with Crippen molar-refractivity contribution in [2.75, 3.05) is 12.4 Å². The van der Waals surface area contributed by atoms with Crippen LogP contribution in [0.2, 0.25) is 0 Å². The Morgan fingerprint density at radius 3 is 2.59 bits per heavy atom. The Morgan fingerprint density at radius 1 is 1.24 bits per heavy atom. The number of aromatic amines is 1. The minimum Gasteiger partial charge on any atom is -0.465 e. The van der Waals surface area contributed by atoms with Gasteiger partial charge in [-0.25, -0.2) is 14.2 Å². The zero-order valence-corrected chi connectivity index (χ0v) is 17.1. The molecule has 1 aromatic heterocycles. The van der Waals surface area contributed by atoms with Crippen LogP contribution in [0.15, 0.2) is 40.9 Å². The van der Waals surface area contributed by atoms with E-state index in [9.17, 15) is 14.0 Å². The first kappa shape index (κ1) is 19.3. The van der Waals surface area contributed by atoms with Gasteiger partial charge in [-0.3, -0.25) is 9.89 Å². The van der Waals surface area contributed by atoms with Gasteiger partial charge in [0.1, 0.15) is 23.4 Å². The van der Waals surface area contributed by atoms with Crippen molar-refractivity contribution in [2.24, 2.45) is 0 Å². The first-order valence-electron chi connectivity index (χ1n) is 8.76. The maximum Gasteiger partial charge on any atom is 0.338 e. The second-order valence-corrected chi connectivity index (χ2v) is 7.57. The number of nitrogens with one attached hydrogen (secondary N) is 2. The maximum atomic E-state index is 14.2. The number of hydrogen-bond acceptors (Lipinski definition) is 6. The maximum absolute atomic E-state index is 14.2. The Hall–Kier alpha value is -3.07. The Balaban J connectivity index is 1.92. The molecule has 0 saturated carbocycles. The minimum atomic E-state index is -0.793. The lowest BCUT2D eigenvalue weighted by atomic mass is 9.80. The molecule has 7 nitrogen and oxygen atoms in total. The molecule has 2 atom stereocenters. The Labute approximate surface area is 173 Å². The summed E-state index contributed by atoms with van der Waals surface area (Å²) >= 11 is 3.40. The monoisotopic (exact) mass is 458 g/mol. The number of esters is 1. The van der Waals surface area contributed by atoms with Crippen LogP contribution < -0.4 is 5.32 Å². The third-order valence-corrected chi connectivity index (χ3v) is 5.35. The van der Waals surface area contributed by atoms with E-state index in [-0.39, 0.29) is 22.6 Å². The van der Waals surface area contributed by atoms with Crippen LogP contribution in [0.4, 0.5) is 10.1 Å². The van der Waals surface area contributed by atoms with Gasteiger partial charge in [0, 0.05) is 10.2 Å². The van der Waals surface area contributed by atoms with E-state index in [2.05, 4.69) is 36.4 Å². The standard InChI is InChI=1S/C20H16BrFN4O3/c1-9-23-19(26-25-9)16-17(10-3-5-11(21)6-4-10)24-14-8-12(22)7-13(20(28)29-2)15(14)18(16)27/h3-8,16-17,24H,1-2H3,(H,23,25,26). The van der Waals surface area contributed by atoms with Crippen LogP contribution in [0.5, 0.6) is 0 Å². The number of Topliss-reactive ketones (excluding diaryl/α,β-unsaturated/α-hetero) is 1. The lowest BCUT2D eigenvalue weighted by Gasteiger charge is -2.33. The second kappa shape index (κ2) is 7.40. The van der Waals surface area contributed by atoms with Crippen LogP contribution >= 0.6 is 15.9 Å². The number of aryl methyl sites for hydroxylation is 1. The van der Waals surface area contributed by atoms with Crippen LogP contribution in [0, 0.1) is 12.7 Å². The van der Waals surface area contributed by atoms with E-state index >= 15 is 0 Å². The molecular formula is C20H16BrFN4O3. The Morgan fingerprint density at radius 2 is 1.97 bits per heavy atom. The predicted molar refractivity (Wildman–Crippen MR) is 106 cm³/mol. The zero-order chi connectivity index (χ0) is 20.7. The average molecular weight is 459 g/mol. The largest absolute Gasteiger partial charge is 0.465 e. The molecule has 3 aromatic rings. The van der Waals surface area contributed by atoms with Gasteiger partial charge in [-0.1, -0.05) is 28.1 Å². The summed E-state index contributed by atoms with van der Waals surface area (Å²) < 4.78 is 19.8. The lowest BCUT2D eigenvalue weighted by molar-refractivity contribution is 0.0595. The van der Waals surface area contributed by atoms with E-state index in [1.165, 1.54) is 13.2 Å². The quantitative estimate of drug-likeness (QED) is 0.577. The van der Waals surface area contributed by atoms with Crippen LogP contribution in [0.25, 0.3) is 0 Å². The predicted octanol–water partition coefficient (Wildman–Crippen LogP) is 3.93. The van der Waals surface area contributed by atoms with E-state index < -0.39 is 23.7 Å². The molecule has 0 fully saturated rings. The zero-order valence-electron chi connectivity index (χ0n) is 15.5. The smallest absolute Gasteiger partial charge is 0.338 e. The summed E-state index contributed by atoms with van der Waals surface area (Å²) in [7, 11) is 1.18. The van der Waals surface area contributed by atoms with Crippen LogP contribution in [0.1, 0.15) is 49.9 Å². The van der Waals surface area contributed by atoms with Gasteiger partial charge in [0.25, 0.3) is 0 Å². The van der Waals surface area contributed by atoms with Crippen molar-refractivity contribution in [3.8, 4) is 0 Å². The Bertz CT molecular complexity index is 1110. The molecule has 1 aliphatic rings. The number of hydrogen-bond donors (Lipinski definition) is 2. The molecule has 0 amide bonds. The van der Waals surface area contributed by atoms with Gasteiger partial charge >= 0.3 is 5.97 Å². The third-order valence-electron chi connectivity index (χ3n) is 4.82. The van der Waals surface area contributed by atoms with Crippen molar-refractivity contribution >= 4 is 33.4 Å². The summed E-state index contributed by atoms with van der Waals surface area (Å²) in [6, 6.07) is 9.09. The molecule has 29 heavy (non-hydrogen) atoms. The van der Waals surface area contributed by atoms with Crippen molar-refractivity contribution in [1.29, 1.82) is 0 Å². The number of rotatable bonds is 3. The second-order valence-electron chi connectivity index (χ2n) is 6.65. The number of anilines is 1. The molecule has 2 heterocycles. The first-order valence-corrected chi connectivity index (χ1v) is 9.55. The number of H-pyrrole nitrogens is 1. The molecular weight excluding hydrogens is 443 g/mol. The van der Waals surface area contributed by atoms with E-state index in [1.807, 2.05) is 24.3 Å². The fourth-order valence-electron chi connectivity index (χ4n) is 3.54. The number of ether oxygens (including phenoxy) is 1. The van der Waals surface area contributed by atoms with Gasteiger partial charge in [0.15, 0.2) is 5.78 Å². The number of aromatic nitrogens is 3. The van der Waals surface area contributed by atoms with Gasteiger partial charge in [-0.05, 0) is 36.8 Å². The summed E-state index contributed by atoms with van der Waals surface area (Å²) in [5.74, 6) is -1.75. The molecule has 9 heteroatoms. The molecule has 2 unspecified atom stereocenters. The van der Waals surface area contributed by atoms with Crippen molar-refractivity contribution in [2.45, 2.75) is 18.9 Å². The average Bonchev–Trinajstić information content (AvgIpc) is 3.12. The fourth-order valence-corrected chi connectivity index (χ4v) is 3.81. The van der Waals surface area contributed by atoms with Gasteiger partial charge in [-0.2, -0.15) is 5.10 Å². The SMILES string of the molecule is COC(=O)c1cc(F)cc2c1C(=O)C(c1nc(C)n[nH]1)C(c1ccc(Br)cc1)N2. The summed E-state index contributed by atoms with van der Waals surface area (Å²) in [4.78, 5) is 30.1. The molecule has 4 rings (SSSR count). The molecule has 0 spiro atoms. The van der Waals surface area contributed by atoms with Crippen molar-refractivity contribution < 1.29 is 18.7 Å². The third kappa shape index (κ3) is 3.42. The van der Waals surface area contributed by atoms with E-state index in [4.69, 9.17) is 4.74 Å². The normalized spacial score (nSPS) is 18.1. The number of carbonyl (C=O) groups excluding carboxylic acids is 2. The minimum absolute atomic E-state index is 0.0747. The highest BCUT2D eigenvalue weighted by atomic mass is 79.9. The highest BCUT2D eigenvalue weighted by Crippen LogP contribution is 2.43. The molecule has 0 saturated heterocycles. The van der Waals surface area contributed by atoms with E-state index in [0.29, 0.717) is 11.6 Å². The molecule has 148 valence electrons. The number of fused-ring (bicyclic) bond motifs is 1. The van der Waals surface area contributed by atoms with E-state index in [0.717, 1.165) is 16.1 Å². The highest BCUT2D eigenvalue weighted by molar-refractivity contribution is 9.10. The highest BCUT2D eigenvalue weighted by Gasteiger charge is 2.42. The van der Waals surface area contributed by atoms with Crippen LogP contribution in [-0.4, -0.2) is 34.0 Å². The van der Waals surface area contributed by atoms with Crippen molar-refractivity contribution in [3.05, 3.63) is 75.0 Å². The molecule has 0 bridgehead atoms. The topological polar surface area (TPSA) is 97.0 Å². The first-order chi connectivity index (χ1) is 13.9. The van der Waals surface area contributed by atoms with Crippen molar-refractivity contribution in [3.63, 3.8) is 0 Å². The van der Waals surface area contributed by atoms with Gasteiger partial charge in [0.05, 0.1) is 24.3 Å². The fraction of sp³-hybridized carbons (Fsp3) is 0.200. The van der Waals surface area contributed by atoms with Crippen LogP contribution in [-0.2, 0) is 4.74 Å². The summed E-state index contributed by atoms with van der Waals surface area (Å²) in [6.07, 6.45) is 0. The molecule has 1 aliphatic heterocycles. The van der Waals surface area contributed by atoms with Gasteiger partial charge < -0.3 is 10.1 Å². The summed E-state index contributed by atoms with van der Waals surface area (Å²) in [6.45, 7) is 1.71.